The third-order valence-corrected chi connectivity index (χ3v) is 11.3. The molecule has 3 heterocycles. The number of carbonyl (C=O) groups is 1. The van der Waals surface area contributed by atoms with Crippen LogP contribution >= 0.6 is 0 Å². The lowest BCUT2D eigenvalue weighted by Gasteiger charge is -2.65. The quantitative estimate of drug-likeness (QED) is 0.226. The zero-order valence-corrected chi connectivity index (χ0v) is 23.9. The van der Waals surface area contributed by atoms with Crippen LogP contribution in [0, 0.1) is 17.4 Å². The van der Waals surface area contributed by atoms with Gasteiger partial charge in [-0.2, -0.15) is 4.98 Å². The summed E-state index contributed by atoms with van der Waals surface area (Å²) >= 11 is 0. The van der Waals surface area contributed by atoms with Crippen molar-refractivity contribution in [2.24, 2.45) is 10.8 Å². The van der Waals surface area contributed by atoms with Gasteiger partial charge in [0.05, 0.1) is 11.6 Å². The van der Waals surface area contributed by atoms with Crippen LogP contribution in [0.25, 0.3) is 21.7 Å². The fourth-order valence-electron chi connectivity index (χ4n) is 8.50. The molecule has 7 fully saturated rings. The molecule has 7 saturated carbocycles. The van der Waals surface area contributed by atoms with Gasteiger partial charge in [-0.15, -0.1) is 4.52 Å². The standard InChI is InChI=1S/C33H32FN7O2/c1-35-26-16-36-25-8-7-24(38-41(25)26)22-3-2-4-23(15-22)40(29(42)32-17-33(34,18-32)19-32)20-30-9-12-31(13-10-30,14-11-30)28-37-27(39-43-28)21-5-6-21/h2-4,7-8,15-16,21H,5-6,9-14,17-20H2. The average Bonchev–Trinajstić information content (AvgIpc) is 3.58. The van der Waals surface area contributed by atoms with Gasteiger partial charge in [0, 0.05) is 35.2 Å². The molecule has 3 aromatic heterocycles. The number of alkyl halides is 1. The molecule has 7 aliphatic carbocycles. The predicted octanol–water partition coefficient (Wildman–Crippen LogP) is 6.72. The van der Waals surface area contributed by atoms with Crippen LogP contribution in [0.1, 0.15) is 88.3 Å². The van der Waals surface area contributed by atoms with Crippen LogP contribution in [-0.2, 0) is 10.2 Å². The molecule has 10 heteroatoms. The van der Waals surface area contributed by atoms with Gasteiger partial charge in [-0.1, -0.05) is 29.0 Å². The Morgan fingerprint density at radius 3 is 2.56 bits per heavy atom. The summed E-state index contributed by atoms with van der Waals surface area (Å²) in [6, 6.07) is 11.7. The molecule has 0 radical (unpaired) electrons. The Morgan fingerprint density at radius 2 is 1.86 bits per heavy atom. The second-order valence-corrected chi connectivity index (χ2v) is 14.1. The van der Waals surface area contributed by atoms with Gasteiger partial charge >= 0.3 is 0 Å². The summed E-state index contributed by atoms with van der Waals surface area (Å²) in [5, 5.41) is 8.99. The maximum Gasteiger partial charge on any atom is 0.275 e. The summed E-state index contributed by atoms with van der Waals surface area (Å²) in [5.41, 5.74) is 1.21. The molecule has 11 rings (SSSR count). The van der Waals surface area contributed by atoms with Gasteiger partial charge in [-0.25, -0.2) is 9.37 Å². The minimum Gasteiger partial charge on any atom is -0.360 e. The highest BCUT2D eigenvalue weighted by Gasteiger charge is 2.73. The number of hydrogen-bond donors (Lipinski definition) is 0. The zero-order valence-electron chi connectivity index (χ0n) is 23.9. The number of fused-ring (bicyclic) bond motifs is 4. The zero-order chi connectivity index (χ0) is 29.0. The summed E-state index contributed by atoms with van der Waals surface area (Å²) in [6.07, 6.45) is 10.8. The van der Waals surface area contributed by atoms with Gasteiger partial charge in [0.1, 0.15) is 11.4 Å². The lowest BCUT2D eigenvalue weighted by atomic mass is 9.41. The molecule has 0 unspecified atom stereocenters. The molecule has 0 saturated heterocycles. The molecule has 1 amide bonds. The number of carbonyl (C=O) groups excluding carboxylic acids is 1. The van der Waals surface area contributed by atoms with E-state index in [-0.39, 0.29) is 16.7 Å². The van der Waals surface area contributed by atoms with E-state index < -0.39 is 11.1 Å². The molecule has 43 heavy (non-hydrogen) atoms. The number of anilines is 1. The molecule has 9 nitrogen and oxygen atoms in total. The highest BCUT2D eigenvalue weighted by molar-refractivity contribution is 6.00. The number of benzene rings is 1. The Morgan fingerprint density at radius 1 is 1.09 bits per heavy atom. The first kappa shape index (κ1) is 25.4. The van der Waals surface area contributed by atoms with Crippen molar-refractivity contribution in [3.8, 4) is 11.3 Å². The number of halogens is 1. The van der Waals surface area contributed by atoms with Gasteiger partial charge in [0.15, 0.2) is 5.82 Å². The van der Waals surface area contributed by atoms with E-state index in [0.717, 1.165) is 74.3 Å². The number of nitrogens with zero attached hydrogens (tertiary/aromatic N) is 7. The number of hydrogen-bond acceptors (Lipinski definition) is 6. The minimum atomic E-state index is -1.15. The predicted molar refractivity (Wildman–Crippen MR) is 155 cm³/mol. The largest absolute Gasteiger partial charge is 0.360 e. The Bertz CT molecular complexity index is 1800. The first-order valence-corrected chi connectivity index (χ1v) is 15.5. The Hall–Kier alpha value is -4.13. The molecule has 4 aromatic rings. The molecule has 1 aromatic carbocycles. The Labute approximate surface area is 248 Å². The van der Waals surface area contributed by atoms with Gasteiger partial charge < -0.3 is 14.3 Å². The normalized spacial score (nSPS) is 32.2. The van der Waals surface area contributed by atoms with Crippen LogP contribution in [-0.4, -0.2) is 42.9 Å². The van der Waals surface area contributed by atoms with Gasteiger partial charge in [-0.05, 0) is 94.2 Å². The monoisotopic (exact) mass is 577 g/mol. The average molecular weight is 578 g/mol. The lowest BCUT2D eigenvalue weighted by molar-refractivity contribution is -0.211. The third-order valence-electron chi connectivity index (χ3n) is 11.3. The second-order valence-electron chi connectivity index (χ2n) is 14.1. The van der Waals surface area contributed by atoms with Crippen molar-refractivity contribution >= 4 is 23.1 Å². The summed E-state index contributed by atoms with van der Waals surface area (Å²) in [6.45, 7) is 8.06. The van der Waals surface area contributed by atoms with Crippen molar-refractivity contribution in [3.05, 3.63) is 65.7 Å². The van der Waals surface area contributed by atoms with Crippen molar-refractivity contribution < 1.29 is 13.7 Å². The third kappa shape index (κ3) is 3.76. The first-order valence-electron chi connectivity index (χ1n) is 15.5. The molecule has 218 valence electrons. The van der Waals surface area contributed by atoms with E-state index in [1.807, 2.05) is 41.3 Å². The van der Waals surface area contributed by atoms with Gasteiger partial charge in [-0.3, -0.25) is 4.79 Å². The maximum absolute atomic E-state index is 14.6. The minimum absolute atomic E-state index is 0.00218. The van der Waals surface area contributed by atoms with Crippen molar-refractivity contribution in [1.82, 2.24) is 24.7 Å². The summed E-state index contributed by atoms with van der Waals surface area (Å²) < 4.78 is 22.0. The summed E-state index contributed by atoms with van der Waals surface area (Å²) in [5.74, 6) is 2.57. The lowest BCUT2D eigenvalue weighted by Crippen LogP contribution is -2.71. The van der Waals surface area contributed by atoms with E-state index in [9.17, 15) is 9.18 Å². The molecular weight excluding hydrogens is 545 g/mol. The van der Waals surface area contributed by atoms with E-state index in [4.69, 9.17) is 16.1 Å². The number of imidazole rings is 1. The van der Waals surface area contributed by atoms with E-state index in [1.54, 1.807) is 4.52 Å². The van der Waals surface area contributed by atoms with Crippen molar-refractivity contribution in [2.45, 2.75) is 87.6 Å². The van der Waals surface area contributed by atoms with Crippen LogP contribution < -0.4 is 4.90 Å². The Balaban J connectivity index is 1.02. The molecule has 7 aliphatic rings. The first-order chi connectivity index (χ1) is 20.8. The smallest absolute Gasteiger partial charge is 0.275 e. The summed E-state index contributed by atoms with van der Waals surface area (Å²) in [7, 11) is 0. The molecule has 0 aliphatic heterocycles. The van der Waals surface area contributed by atoms with E-state index >= 15 is 0 Å². The van der Waals surface area contributed by atoms with Gasteiger partial charge in [0.25, 0.3) is 5.82 Å². The maximum atomic E-state index is 14.6. The van der Waals surface area contributed by atoms with Crippen LogP contribution in [0.3, 0.4) is 0 Å². The van der Waals surface area contributed by atoms with E-state index in [0.29, 0.717) is 48.9 Å². The van der Waals surface area contributed by atoms with Crippen LogP contribution in [0.5, 0.6) is 0 Å². The molecule has 0 atom stereocenters. The SMILES string of the molecule is [C-]#[N+]c1cnc2ccc(-c3cccc(N(CC45CCC(c6nc(C7CC7)no6)(CC4)CC5)C(=O)C45CC(F)(C4)C5)c3)nn12. The fourth-order valence-corrected chi connectivity index (χ4v) is 8.50. The van der Waals surface area contributed by atoms with Crippen LogP contribution in [0.4, 0.5) is 15.9 Å². The van der Waals surface area contributed by atoms with Crippen LogP contribution in [0.15, 0.2) is 47.1 Å². The molecule has 0 spiro atoms. The van der Waals surface area contributed by atoms with Crippen LogP contribution in [0.2, 0.25) is 0 Å². The molecule has 0 N–H and O–H groups in total. The van der Waals surface area contributed by atoms with Gasteiger partial charge in [0.2, 0.25) is 17.4 Å². The van der Waals surface area contributed by atoms with Crippen molar-refractivity contribution in [1.29, 1.82) is 0 Å². The number of rotatable bonds is 7. The van der Waals surface area contributed by atoms with E-state index in [2.05, 4.69) is 20.1 Å². The highest BCUT2D eigenvalue weighted by Crippen LogP contribution is 2.70. The van der Waals surface area contributed by atoms with E-state index in [1.165, 1.54) is 6.20 Å². The Kier molecular flexibility index (Phi) is 5.01. The topological polar surface area (TPSA) is 93.8 Å². The van der Waals surface area contributed by atoms with Crippen molar-refractivity contribution in [3.63, 3.8) is 0 Å². The summed E-state index contributed by atoms with van der Waals surface area (Å²) in [4.78, 5) is 28.9. The number of aromatic nitrogens is 5. The number of amides is 1. The highest BCUT2D eigenvalue weighted by atomic mass is 19.1. The molecular formula is C33H32FN7O2. The fraction of sp³-hybridized carbons (Fsp3) is 0.515. The second kappa shape index (κ2) is 8.49. The molecule has 4 bridgehead atoms. The van der Waals surface area contributed by atoms with Crippen molar-refractivity contribution in [2.75, 3.05) is 11.4 Å².